The molecule has 0 spiro atoms. The minimum atomic E-state index is -4.70. The second-order valence-electron chi connectivity index (χ2n) is 8.36. The van der Waals surface area contributed by atoms with Crippen LogP contribution in [0.4, 0.5) is 17.6 Å². The zero-order valence-corrected chi connectivity index (χ0v) is 21.8. The predicted octanol–water partition coefficient (Wildman–Crippen LogP) is 3.60. The van der Waals surface area contributed by atoms with Gasteiger partial charge < -0.3 is 9.73 Å². The first-order valence-corrected chi connectivity index (χ1v) is 12.7. The zero-order valence-electron chi connectivity index (χ0n) is 21.0. The van der Waals surface area contributed by atoms with Crippen LogP contribution in [0.5, 0.6) is 0 Å². The molecule has 0 unspecified atom stereocenters. The molecule has 1 aromatic carbocycles. The summed E-state index contributed by atoms with van der Waals surface area (Å²) in [5.41, 5.74) is 0.692. The molecule has 0 fully saturated rings. The molecular weight excluding hydrogens is 544 g/mol. The Balaban J connectivity index is 1.73. The highest BCUT2D eigenvalue weighted by molar-refractivity contribution is 7.89. The van der Waals surface area contributed by atoms with Crippen molar-refractivity contribution in [3.8, 4) is 0 Å². The number of carbonyl (C=O) groups excluding carboxylic acids is 1. The van der Waals surface area contributed by atoms with Gasteiger partial charge in [-0.1, -0.05) is 0 Å². The summed E-state index contributed by atoms with van der Waals surface area (Å²) in [5.74, 6) is -2.55. The van der Waals surface area contributed by atoms with Crippen molar-refractivity contribution in [3.05, 3.63) is 65.6 Å². The van der Waals surface area contributed by atoms with E-state index in [2.05, 4.69) is 32.0 Å². The van der Waals surface area contributed by atoms with Crippen LogP contribution in [-0.4, -0.2) is 67.2 Å². The number of allylic oxidation sites excluding steroid dienone is 1. The standard InChI is InChI=1S/C24H24F4N6O4S/c1-14(2)34(39(36,37)22-8-15-7-17(25)5-6-20(15)38-22)13-21(35)31-12-18(29-3)9-19(30-4)16-10-32-23(33-11-16)24(26,27)28/h5-11,14H,3,12-13H2,1-2,4H3,(H,31,35)/b18-9-,30-19+. The molecule has 0 atom stereocenters. The number of carbonyl (C=O) groups is 1. The van der Waals surface area contributed by atoms with Crippen molar-refractivity contribution in [1.82, 2.24) is 19.6 Å². The number of rotatable bonds is 10. The third kappa shape index (κ3) is 7.11. The van der Waals surface area contributed by atoms with Crippen molar-refractivity contribution < 1.29 is 35.2 Å². The van der Waals surface area contributed by atoms with Gasteiger partial charge in [0.05, 0.1) is 24.5 Å². The van der Waals surface area contributed by atoms with Gasteiger partial charge in [-0.25, -0.2) is 22.8 Å². The summed E-state index contributed by atoms with van der Waals surface area (Å²) in [5, 5.41) is 2.33. The van der Waals surface area contributed by atoms with Gasteiger partial charge in [0, 0.05) is 42.5 Å². The molecule has 15 heteroatoms. The Labute approximate surface area is 221 Å². The van der Waals surface area contributed by atoms with E-state index in [0.29, 0.717) is 0 Å². The molecule has 39 heavy (non-hydrogen) atoms. The number of aromatic nitrogens is 2. The minimum absolute atomic E-state index is 0.167. The number of sulfonamides is 1. The van der Waals surface area contributed by atoms with Gasteiger partial charge in [-0.3, -0.25) is 14.8 Å². The Morgan fingerprint density at radius 1 is 1.23 bits per heavy atom. The highest BCUT2D eigenvalue weighted by atomic mass is 32.2. The zero-order chi connectivity index (χ0) is 29.0. The second-order valence-corrected chi connectivity index (χ2v) is 10.2. The lowest BCUT2D eigenvalue weighted by atomic mass is 10.1. The van der Waals surface area contributed by atoms with Crippen LogP contribution < -0.4 is 5.32 Å². The van der Waals surface area contributed by atoms with Crippen LogP contribution in [0.1, 0.15) is 25.2 Å². The SMILES string of the molecule is C=N/C(=C\C(=N/C)c1cnc(C(F)(F)F)nc1)CNC(=O)CN(C(C)C)S(=O)(=O)c1cc2cc(F)ccc2o1. The van der Waals surface area contributed by atoms with E-state index in [1.807, 2.05) is 0 Å². The summed E-state index contributed by atoms with van der Waals surface area (Å²) in [6.45, 7) is 5.78. The number of aliphatic imine (C=N–C) groups is 2. The van der Waals surface area contributed by atoms with Crippen LogP contribution in [0.15, 0.2) is 67.9 Å². The van der Waals surface area contributed by atoms with Crippen molar-refractivity contribution in [2.45, 2.75) is 31.2 Å². The molecule has 0 saturated heterocycles. The summed E-state index contributed by atoms with van der Waals surface area (Å²) in [7, 11) is -2.88. The Kier molecular flexibility index (Phi) is 8.96. The van der Waals surface area contributed by atoms with Gasteiger partial charge in [0.2, 0.25) is 16.8 Å². The number of hydrogen-bond acceptors (Lipinski definition) is 8. The van der Waals surface area contributed by atoms with Gasteiger partial charge in [-0.2, -0.15) is 17.5 Å². The number of fused-ring (bicyclic) bond motifs is 1. The van der Waals surface area contributed by atoms with Crippen LogP contribution in [0, 0.1) is 5.82 Å². The lowest BCUT2D eigenvalue weighted by molar-refractivity contribution is -0.145. The first kappa shape index (κ1) is 29.6. The lowest BCUT2D eigenvalue weighted by Crippen LogP contribution is -2.44. The smallest absolute Gasteiger partial charge is 0.443 e. The number of nitrogens with one attached hydrogen (secondary N) is 1. The fraction of sp³-hybridized carbons (Fsp3) is 0.292. The van der Waals surface area contributed by atoms with E-state index >= 15 is 0 Å². The molecule has 0 aliphatic rings. The average molecular weight is 569 g/mol. The topological polar surface area (TPSA) is 130 Å². The molecule has 1 N–H and O–H groups in total. The summed E-state index contributed by atoms with van der Waals surface area (Å²) in [6.07, 6.45) is -1.43. The van der Waals surface area contributed by atoms with E-state index in [9.17, 15) is 30.8 Å². The third-order valence-electron chi connectivity index (χ3n) is 5.31. The molecule has 0 radical (unpaired) electrons. The molecule has 0 saturated carbocycles. The first-order chi connectivity index (χ1) is 18.3. The number of benzene rings is 1. The normalized spacial score (nSPS) is 13.4. The van der Waals surface area contributed by atoms with E-state index in [4.69, 9.17) is 4.42 Å². The Hall–Kier alpha value is -3.98. The molecule has 0 aliphatic heterocycles. The molecule has 2 aromatic heterocycles. The molecule has 10 nitrogen and oxygen atoms in total. The number of alkyl halides is 3. The predicted molar refractivity (Wildman–Crippen MR) is 135 cm³/mol. The van der Waals surface area contributed by atoms with E-state index in [1.54, 1.807) is 13.8 Å². The second kappa shape index (κ2) is 11.8. The minimum Gasteiger partial charge on any atom is -0.443 e. The number of halogens is 4. The largest absolute Gasteiger partial charge is 0.451 e. The maximum Gasteiger partial charge on any atom is 0.451 e. The summed E-state index contributed by atoms with van der Waals surface area (Å²) >= 11 is 0. The van der Waals surface area contributed by atoms with Gasteiger partial charge >= 0.3 is 6.18 Å². The molecule has 0 aliphatic carbocycles. The molecular formula is C24H24F4N6O4S. The number of nitrogens with zero attached hydrogens (tertiary/aromatic N) is 5. The highest BCUT2D eigenvalue weighted by Crippen LogP contribution is 2.27. The van der Waals surface area contributed by atoms with Crippen molar-refractivity contribution in [2.24, 2.45) is 9.98 Å². The first-order valence-electron chi connectivity index (χ1n) is 11.3. The van der Waals surface area contributed by atoms with Crippen LogP contribution >= 0.6 is 0 Å². The van der Waals surface area contributed by atoms with Crippen molar-refractivity contribution in [2.75, 3.05) is 20.1 Å². The molecule has 3 aromatic rings. The summed E-state index contributed by atoms with van der Waals surface area (Å²) in [6, 6.07) is 4.10. The monoisotopic (exact) mass is 568 g/mol. The third-order valence-corrected chi connectivity index (χ3v) is 7.19. The van der Waals surface area contributed by atoms with Crippen LogP contribution in [0.25, 0.3) is 11.0 Å². The lowest BCUT2D eigenvalue weighted by Gasteiger charge is -2.24. The Bertz CT molecular complexity index is 1530. The van der Waals surface area contributed by atoms with E-state index in [-0.39, 0.29) is 34.5 Å². The van der Waals surface area contributed by atoms with E-state index in [0.717, 1.165) is 28.8 Å². The number of hydrogen-bond donors (Lipinski definition) is 1. The van der Waals surface area contributed by atoms with Gasteiger partial charge in [-0.15, -0.1) is 0 Å². The van der Waals surface area contributed by atoms with Crippen LogP contribution in [0.2, 0.25) is 0 Å². The van der Waals surface area contributed by atoms with Crippen molar-refractivity contribution in [1.29, 1.82) is 0 Å². The van der Waals surface area contributed by atoms with Gasteiger partial charge in [-0.05, 0) is 44.8 Å². The fourth-order valence-corrected chi connectivity index (χ4v) is 4.90. The quantitative estimate of drug-likeness (QED) is 0.294. The van der Waals surface area contributed by atoms with Gasteiger partial charge in [0.1, 0.15) is 11.4 Å². The number of furan rings is 1. The Morgan fingerprint density at radius 3 is 2.46 bits per heavy atom. The average Bonchev–Trinajstić information content (AvgIpc) is 3.31. The van der Waals surface area contributed by atoms with Crippen LogP contribution in [-0.2, 0) is 21.0 Å². The molecule has 1 amide bonds. The van der Waals surface area contributed by atoms with Crippen molar-refractivity contribution >= 4 is 39.3 Å². The Morgan fingerprint density at radius 2 is 1.90 bits per heavy atom. The highest BCUT2D eigenvalue weighted by Gasteiger charge is 2.34. The molecule has 0 bridgehead atoms. The van der Waals surface area contributed by atoms with Gasteiger partial charge in [0.15, 0.2) is 0 Å². The summed E-state index contributed by atoms with van der Waals surface area (Å²) in [4.78, 5) is 27.0. The van der Waals surface area contributed by atoms with Crippen LogP contribution in [0.3, 0.4) is 0 Å². The molecule has 208 valence electrons. The van der Waals surface area contributed by atoms with Crippen molar-refractivity contribution in [3.63, 3.8) is 0 Å². The van der Waals surface area contributed by atoms with E-state index < -0.39 is 51.4 Å². The summed E-state index contributed by atoms with van der Waals surface area (Å²) < 4.78 is 84.4. The molecule has 3 rings (SSSR count). The molecule has 2 heterocycles. The van der Waals surface area contributed by atoms with Gasteiger partial charge in [0.25, 0.3) is 10.0 Å². The maximum absolute atomic E-state index is 13.5. The maximum atomic E-state index is 13.5. The van der Waals surface area contributed by atoms with E-state index in [1.165, 1.54) is 25.3 Å². The number of amides is 1. The fourth-order valence-electron chi connectivity index (χ4n) is 3.36.